The molecule has 0 fully saturated rings. The van der Waals surface area contributed by atoms with Crippen LogP contribution in [-0.2, 0) is 13.0 Å². The van der Waals surface area contributed by atoms with Crippen LogP contribution in [0.25, 0.3) is 0 Å². The third-order valence-corrected chi connectivity index (χ3v) is 3.53. The minimum absolute atomic E-state index is 0.821. The van der Waals surface area contributed by atoms with Crippen molar-refractivity contribution in [1.29, 1.82) is 0 Å². The molecule has 20 heavy (non-hydrogen) atoms. The Morgan fingerprint density at radius 1 is 0.750 bits per heavy atom. The third kappa shape index (κ3) is 2.75. The van der Waals surface area contributed by atoms with E-state index in [9.17, 15) is 0 Å². The van der Waals surface area contributed by atoms with Crippen LogP contribution in [-0.4, -0.2) is 4.57 Å². The first kappa shape index (κ1) is 12.5. The van der Waals surface area contributed by atoms with Crippen molar-refractivity contribution in [1.82, 2.24) is 4.57 Å². The van der Waals surface area contributed by atoms with Crippen molar-refractivity contribution in [3.05, 3.63) is 89.6 Å². The summed E-state index contributed by atoms with van der Waals surface area (Å²) in [5.41, 5.74) is 10.0. The van der Waals surface area contributed by atoms with Crippen LogP contribution in [0.15, 0.2) is 72.9 Å². The van der Waals surface area contributed by atoms with E-state index >= 15 is 0 Å². The zero-order valence-corrected chi connectivity index (χ0v) is 11.4. The lowest BCUT2D eigenvalue weighted by molar-refractivity contribution is 0.815. The van der Waals surface area contributed by atoms with Gasteiger partial charge < -0.3 is 10.3 Å². The van der Waals surface area contributed by atoms with Gasteiger partial charge in [0.25, 0.3) is 0 Å². The van der Waals surface area contributed by atoms with E-state index in [1.807, 2.05) is 12.1 Å². The van der Waals surface area contributed by atoms with Gasteiger partial charge in [-0.05, 0) is 22.8 Å². The number of hydrogen-bond donors (Lipinski definition) is 1. The minimum Gasteiger partial charge on any atom is -0.385 e. The Hall–Kier alpha value is -2.48. The second kappa shape index (κ2) is 5.66. The molecule has 0 aliphatic heterocycles. The molecule has 0 saturated heterocycles. The van der Waals surface area contributed by atoms with Crippen molar-refractivity contribution in [2.45, 2.75) is 13.0 Å². The number of nitrogens with zero attached hydrogens (tertiary/aromatic N) is 1. The van der Waals surface area contributed by atoms with Crippen molar-refractivity contribution in [3.63, 3.8) is 0 Å². The number of nitrogen functional groups attached to an aromatic ring is 1. The quantitative estimate of drug-likeness (QED) is 0.763. The van der Waals surface area contributed by atoms with E-state index in [4.69, 9.17) is 5.73 Å². The predicted molar refractivity (Wildman–Crippen MR) is 83.6 cm³/mol. The van der Waals surface area contributed by atoms with Gasteiger partial charge in [0.1, 0.15) is 5.82 Å². The van der Waals surface area contributed by atoms with Crippen LogP contribution in [0.4, 0.5) is 5.82 Å². The summed E-state index contributed by atoms with van der Waals surface area (Å²) in [7, 11) is 0. The number of rotatable bonds is 4. The van der Waals surface area contributed by atoms with E-state index in [-0.39, 0.29) is 0 Å². The SMILES string of the molecule is Nc1c(Cc2ccccc2)ccn1Cc1ccccc1. The van der Waals surface area contributed by atoms with Gasteiger partial charge in [-0.1, -0.05) is 60.7 Å². The predicted octanol–water partition coefficient (Wildman–Crippen LogP) is 3.71. The smallest absolute Gasteiger partial charge is 0.107 e. The van der Waals surface area contributed by atoms with Crippen molar-refractivity contribution in [2.24, 2.45) is 0 Å². The van der Waals surface area contributed by atoms with Crippen molar-refractivity contribution in [3.8, 4) is 0 Å². The summed E-state index contributed by atoms with van der Waals surface area (Å²) in [6.45, 7) is 0.821. The van der Waals surface area contributed by atoms with Gasteiger partial charge in [-0.2, -0.15) is 0 Å². The fraction of sp³-hybridized carbons (Fsp3) is 0.111. The molecule has 0 unspecified atom stereocenters. The Morgan fingerprint density at radius 3 is 2.00 bits per heavy atom. The molecular formula is C18H18N2. The number of benzene rings is 2. The molecular weight excluding hydrogens is 244 g/mol. The Labute approximate surface area is 119 Å². The molecule has 1 heterocycles. The lowest BCUT2D eigenvalue weighted by Gasteiger charge is -2.07. The lowest BCUT2D eigenvalue weighted by Crippen LogP contribution is -2.04. The summed E-state index contributed by atoms with van der Waals surface area (Å²) in [5.74, 6) is 0.859. The summed E-state index contributed by atoms with van der Waals surface area (Å²) >= 11 is 0. The van der Waals surface area contributed by atoms with Crippen LogP contribution < -0.4 is 5.73 Å². The first-order chi connectivity index (χ1) is 9.83. The first-order valence-electron chi connectivity index (χ1n) is 6.84. The molecule has 0 amide bonds. The molecule has 0 atom stereocenters. The Bertz CT molecular complexity index is 610. The summed E-state index contributed by atoms with van der Waals surface area (Å²) in [6.07, 6.45) is 2.95. The summed E-state index contributed by atoms with van der Waals surface area (Å²) in [6, 6.07) is 22.9. The fourth-order valence-corrected chi connectivity index (χ4v) is 2.41. The Morgan fingerprint density at radius 2 is 1.35 bits per heavy atom. The molecule has 1 aromatic heterocycles. The zero-order valence-electron chi connectivity index (χ0n) is 11.4. The Balaban J connectivity index is 1.79. The van der Waals surface area contributed by atoms with Crippen LogP contribution in [0.1, 0.15) is 16.7 Å². The fourth-order valence-electron chi connectivity index (χ4n) is 2.41. The van der Waals surface area contributed by atoms with Gasteiger partial charge in [0.05, 0.1) is 0 Å². The topological polar surface area (TPSA) is 30.9 Å². The molecule has 3 aromatic rings. The standard InChI is InChI=1S/C18H18N2/c19-18-17(13-15-7-3-1-4-8-15)11-12-20(18)14-16-9-5-2-6-10-16/h1-12H,13-14,19H2. The maximum absolute atomic E-state index is 6.26. The van der Waals surface area contributed by atoms with Crippen LogP contribution >= 0.6 is 0 Å². The number of hydrogen-bond acceptors (Lipinski definition) is 1. The second-order valence-electron chi connectivity index (χ2n) is 5.00. The second-order valence-corrected chi connectivity index (χ2v) is 5.00. The molecule has 2 heteroatoms. The van der Waals surface area contributed by atoms with Crippen LogP contribution in [0.5, 0.6) is 0 Å². The molecule has 3 rings (SSSR count). The molecule has 2 aromatic carbocycles. The van der Waals surface area contributed by atoms with Gasteiger partial charge in [0.15, 0.2) is 0 Å². The molecule has 0 bridgehead atoms. The summed E-state index contributed by atoms with van der Waals surface area (Å²) < 4.78 is 2.10. The van der Waals surface area contributed by atoms with E-state index in [0.717, 1.165) is 18.8 Å². The van der Waals surface area contributed by atoms with E-state index in [1.54, 1.807) is 0 Å². The van der Waals surface area contributed by atoms with Crippen LogP contribution in [0, 0.1) is 0 Å². The van der Waals surface area contributed by atoms with Gasteiger partial charge in [0, 0.05) is 19.2 Å². The minimum atomic E-state index is 0.821. The molecule has 0 aliphatic carbocycles. The summed E-state index contributed by atoms with van der Waals surface area (Å²) in [5, 5.41) is 0. The molecule has 2 nitrogen and oxygen atoms in total. The van der Waals surface area contributed by atoms with Gasteiger partial charge in [-0.3, -0.25) is 0 Å². The lowest BCUT2D eigenvalue weighted by atomic mass is 10.1. The molecule has 0 spiro atoms. The van der Waals surface area contributed by atoms with E-state index in [2.05, 4.69) is 65.4 Å². The van der Waals surface area contributed by atoms with Gasteiger partial charge in [-0.25, -0.2) is 0 Å². The average molecular weight is 262 g/mol. The molecule has 0 aliphatic rings. The largest absolute Gasteiger partial charge is 0.385 e. The maximum Gasteiger partial charge on any atom is 0.107 e. The van der Waals surface area contributed by atoms with E-state index in [0.29, 0.717) is 0 Å². The van der Waals surface area contributed by atoms with Gasteiger partial charge in [0.2, 0.25) is 0 Å². The molecule has 0 radical (unpaired) electrons. The van der Waals surface area contributed by atoms with E-state index in [1.165, 1.54) is 16.7 Å². The van der Waals surface area contributed by atoms with Crippen LogP contribution in [0.2, 0.25) is 0 Å². The molecule has 100 valence electrons. The highest BCUT2D eigenvalue weighted by Gasteiger charge is 2.06. The Kier molecular flexibility index (Phi) is 3.55. The zero-order chi connectivity index (χ0) is 13.8. The normalized spacial score (nSPS) is 10.6. The first-order valence-corrected chi connectivity index (χ1v) is 6.84. The van der Waals surface area contributed by atoms with Crippen molar-refractivity contribution < 1.29 is 0 Å². The number of anilines is 1. The van der Waals surface area contributed by atoms with Gasteiger partial charge >= 0.3 is 0 Å². The van der Waals surface area contributed by atoms with Gasteiger partial charge in [-0.15, -0.1) is 0 Å². The maximum atomic E-state index is 6.26. The summed E-state index contributed by atoms with van der Waals surface area (Å²) in [4.78, 5) is 0. The third-order valence-electron chi connectivity index (χ3n) is 3.53. The van der Waals surface area contributed by atoms with Crippen molar-refractivity contribution >= 4 is 5.82 Å². The molecule has 0 saturated carbocycles. The highest BCUT2D eigenvalue weighted by molar-refractivity contribution is 5.45. The number of nitrogens with two attached hydrogens (primary N) is 1. The number of aromatic nitrogens is 1. The monoisotopic (exact) mass is 262 g/mol. The van der Waals surface area contributed by atoms with Crippen LogP contribution in [0.3, 0.4) is 0 Å². The van der Waals surface area contributed by atoms with Crippen molar-refractivity contribution in [2.75, 3.05) is 5.73 Å². The highest BCUT2D eigenvalue weighted by Crippen LogP contribution is 2.19. The highest BCUT2D eigenvalue weighted by atomic mass is 15.0. The average Bonchev–Trinajstić information content (AvgIpc) is 2.83. The van der Waals surface area contributed by atoms with E-state index < -0.39 is 0 Å². The molecule has 2 N–H and O–H groups in total.